The van der Waals surface area contributed by atoms with Crippen molar-refractivity contribution >= 4 is 11.9 Å². The molecule has 2 aromatic carbocycles. The van der Waals surface area contributed by atoms with Crippen LogP contribution in [-0.2, 0) is 11.3 Å². The Morgan fingerprint density at radius 1 is 0.926 bits per heavy atom. The molecule has 0 heterocycles. The summed E-state index contributed by atoms with van der Waals surface area (Å²) in [6, 6.07) is 10.0. The lowest BCUT2D eigenvalue weighted by Crippen LogP contribution is -2.23. The number of methoxy groups -OCH3 is 3. The van der Waals surface area contributed by atoms with E-state index in [2.05, 4.69) is 5.32 Å². The second-order valence-corrected chi connectivity index (χ2v) is 5.51. The average molecular weight is 373 g/mol. The van der Waals surface area contributed by atoms with Gasteiger partial charge in [-0.05, 0) is 42.8 Å². The highest BCUT2D eigenvalue weighted by Gasteiger charge is 2.15. The van der Waals surface area contributed by atoms with E-state index in [-0.39, 0.29) is 12.5 Å². The van der Waals surface area contributed by atoms with Crippen molar-refractivity contribution in [1.82, 2.24) is 5.32 Å². The van der Waals surface area contributed by atoms with Gasteiger partial charge in [-0.25, -0.2) is 4.79 Å². The van der Waals surface area contributed by atoms with Crippen LogP contribution < -0.4 is 19.5 Å². The number of carbonyl (C=O) groups excluding carboxylic acids is 2. The van der Waals surface area contributed by atoms with Gasteiger partial charge in [0, 0.05) is 12.1 Å². The third-order valence-electron chi connectivity index (χ3n) is 3.85. The minimum Gasteiger partial charge on any atom is -0.496 e. The quantitative estimate of drug-likeness (QED) is 0.717. The summed E-state index contributed by atoms with van der Waals surface area (Å²) in [7, 11) is 4.29. The summed E-state index contributed by atoms with van der Waals surface area (Å²) < 4.78 is 20.6. The fourth-order valence-electron chi connectivity index (χ4n) is 2.50. The summed E-state index contributed by atoms with van der Waals surface area (Å²) in [5, 5.41) is 2.81. The zero-order valence-electron chi connectivity index (χ0n) is 15.8. The van der Waals surface area contributed by atoms with E-state index in [0.29, 0.717) is 35.0 Å². The molecule has 27 heavy (non-hydrogen) atoms. The molecule has 0 aromatic heterocycles. The Bertz CT molecular complexity index is 818. The second-order valence-electron chi connectivity index (χ2n) is 5.51. The van der Waals surface area contributed by atoms with Crippen molar-refractivity contribution in [3.63, 3.8) is 0 Å². The highest BCUT2D eigenvalue weighted by Crippen LogP contribution is 2.28. The topological polar surface area (TPSA) is 83.1 Å². The monoisotopic (exact) mass is 373 g/mol. The van der Waals surface area contributed by atoms with Crippen molar-refractivity contribution in [3.05, 3.63) is 53.1 Å². The number of rotatable bonds is 8. The van der Waals surface area contributed by atoms with Crippen LogP contribution in [0, 0.1) is 0 Å². The molecule has 1 N–H and O–H groups in total. The zero-order chi connectivity index (χ0) is 19.8. The summed E-state index contributed by atoms with van der Waals surface area (Å²) in [5.41, 5.74) is 1.48. The SMILES string of the molecule is CCOc1ccc(C(=O)NCc2ccc(OC)c(C(=O)OC)c2)cc1OC. The van der Waals surface area contributed by atoms with Gasteiger partial charge in [-0.15, -0.1) is 0 Å². The lowest BCUT2D eigenvalue weighted by molar-refractivity contribution is 0.0597. The molecule has 2 rings (SSSR count). The number of ether oxygens (including phenoxy) is 4. The van der Waals surface area contributed by atoms with Crippen LogP contribution in [-0.4, -0.2) is 39.8 Å². The maximum Gasteiger partial charge on any atom is 0.341 e. The van der Waals surface area contributed by atoms with E-state index in [1.807, 2.05) is 6.92 Å². The summed E-state index contributed by atoms with van der Waals surface area (Å²) in [5.74, 6) is 0.701. The molecular weight excluding hydrogens is 350 g/mol. The van der Waals surface area contributed by atoms with E-state index in [1.165, 1.54) is 21.3 Å². The first-order valence-corrected chi connectivity index (χ1v) is 8.38. The number of esters is 1. The van der Waals surface area contributed by atoms with Gasteiger partial charge in [0.15, 0.2) is 11.5 Å². The smallest absolute Gasteiger partial charge is 0.341 e. The van der Waals surface area contributed by atoms with Crippen LogP contribution in [0.2, 0.25) is 0 Å². The van der Waals surface area contributed by atoms with Crippen LogP contribution >= 0.6 is 0 Å². The summed E-state index contributed by atoms with van der Waals surface area (Å²) >= 11 is 0. The van der Waals surface area contributed by atoms with Gasteiger partial charge in [0.1, 0.15) is 11.3 Å². The summed E-state index contributed by atoms with van der Waals surface area (Å²) in [4.78, 5) is 24.3. The normalized spacial score (nSPS) is 10.1. The zero-order valence-corrected chi connectivity index (χ0v) is 15.8. The van der Waals surface area contributed by atoms with Gasteiger partial charge in [-0.2, -0.15) is 0 Å². The molecule has 0 spiro atoms. The molecular formula is C20H23NO6. The van der Waals surface area contributed by atoms with E-state index in [1.54, 1.807) is 36.4 Å². The highest BCUT2D eigenvalue weighted by atomic mass is 16.5. The number of benzene rings is 2. The second kappa shape index (κ2) is 9.47. The van der Waals surface area contributed by atoms with Gasteiger partial charge in [0.05, 0.1) is 27.9 Å². The van der Waals surface area contributed by atoms with Gasteiger partial charge >= 0.3 is 5.97 Å². The first-order valence-electron chi connectivity index (χ1n) is 8.38. The molecule has 144 valence electrons. The van der Waals surface area contributed by atoms with Crippen molar-refractivity contribution < 1.29 is 28.5 Å². The van der Waals surface area contributed by atoms with Gasteiger partial charge < -0.3 is 24.3 Å². The van der Waals surface area contributed by atoms with Gasteiger partial charge in [0.2, 0.25) is 0 Å². The lowest BCUT2D eigenvalue weighted by atomic mass is 10.1. The molecule has 0 atom stereocenters. The van der Waals surface area contributed by atoms with Crippen LogP contribution in [0.5, 0.6) is 17.2 Å². The van der Waals surface area contributed by atoms with Crippen LogP contribution in [0.15, 0.2) is 36.4 Å². The molecule has 0 unspecified atom stereocenters. The Hall–Kier alpha value is -3.22. The molecule has 0 radical (unpaired) electrons. The maximum absolute atomic E-state index is 12.4. The Morgan fingerprint density at radius 3 is 2.26 bits per heavy atom. The largest absolute Gasteiger partial charge is 0.496 e. The van der Waals surface area contributed by atoms with Crippen molar-refractivity contribution in [1.29, 1.82) is 0 Å². The van der Waals surface area contributed by atoms with Crippen molar-refractivity contribution in [2.75, 3.05) is 27.9 Å². The summed E-state index contributed by atoms with van der Waals surface area (Å²) in [6.45, 7) is 2.61. The van der Waals surface area contributed by atoms with Crippen molar-refractivity contribution in [2.45, 2.75) is 13.5 Å². The van der Waals surface area contributed by atoms with Crippen LogP contribution in [0.4, 0.5) is 0 Å². The Labute approximate surface area is 158 Å². The fourth-order valence-corrected chi connectivity index (χ4v) is 2.50. The van der Waals surface area contributed by atoms with Crippen molar-refractivity contribution in [3.8, 4) is 17.2 Å². The van der Waals surface area contributed by atoms with Crippen LogP contribution in [0.3, 0.4) is 0 Å². The van der Waals surface area contributed by atoms with Crippen LogP contribution in [0.1, 0.15) is 33.2 Å². The summed E-state index contributed by atoms with van der Waals surface area (Å²) in [6.07, 6.45) is 0. The molecule has 0 aliphatic rings. The standard InChI is InChI=1S/C20H23NO6/c1-5-27-17-9-7-14(11-18(17)25-3)19(22)21-12-13-6-8-16(24-2)15(10-13)20(23)26-4/h6-11H,5,12H2,1-4H3,(H,21,22). The minimum atomic E-state index is -0.503. The molecule has 0 saturated carbocycles. The number of hydrogen-bond acceptors (Lipinski definition) is 6. The van der Waals surface area contributed by atoms with Gasteiger partial charge in [-0.3, -0.25) is 4.79 Å². The third-order valence-corrected chi connectivity index (χ3v) is 3.85. The fraction of sp³-hybridized carbons (Fsp3) is 0.300. The van der Waals surface area contributed by atoms with Gasteiger partial charge in [-0.1, -0.05) is 6.07 Å². The number of hydrogen-bond donors (Lipinski definition) is 1. The molecule has 2 aromatic rings. The van der Waals surface area contributed by atoms with Gasteiger partial charge in [0.25, 0.3) is 5.91 Å². The predicted molar refractivity (Wildman–Crippen MR) is 99.7 cm³/mol. The molecule has 0 aliphatic carbocycles. The maximum atomic E-state index is 12.4. The van der Waals surface area contributed by atoms with Crippen molar-refractivity contribution in [2.24, 2.45) is 0 Å². The molecule has 7 heteroatoms. The van der Waals surface area contributed by atoms with E-state index >= 15 is 0 Å². The highest BCUT2D eigenvalue weighted by molar-refractivity contribution is 5.95. The predicted octanol–water partition coefficient (Wildman–Crippen LogP) is 2.82. The van der Waals surface area contributed by atoms with E-state index < -0.39 is 5.97 Å². The molecule has 0 aliphatic heterocycles. The van der Waals surface area contributed by atoms with E-state index in [0.717, 1.165) is 5.56 Å². The van der Waals surface area contributed by atoms with Crippen LogP contribution in [0.25, 0.3) is 0 Å². The number of amides is 1. The third kappa shape index (κ3) is 4.91. The minimum absolute atomic E-state index is 0.238. The Kier molecular flexibility index (Phi) is 7.05. The van der Waals surface area contributed by atoms with E-state index in [4.69, 9.17) is 18.9 Å². The first-order chi connectivity index (χ1) is 13.0. The number of nitrogens with one attached hydrogen (secondary N) is 1. The molecule has 0 bridgehead atoms. The molecule has 0 saturated heterocycles. The number of carbonyl (C=O) groups is 2. The van der Waals surface area contributed by atoms with E-state index in [9.17, 15) is 9.59 Å². The Morgan fingerprint density at radius 2 is 1.63 bits per heavy atom. The molecule has 1 amide bonds. The average Bonchev–Trinajstić information content (AvgIpc) is 2.71. The molecule has 7 nitrogen and oxygen atoms in total. The molecule has 0 fully saturated rings. The first kappa shape index (κ1) is 20.1. The lowest BCUT2D eigenvalue weighted by Gasteiger charge is -2.12. The Balaban J connectivity index is 2.12.